The number of nitrogens with zero attached hydrogens (tertiary/aromatic N) is 4. The van der Waals surface area contributed by atoms with Crippen LogP contribution in [0.3, 0.4) is 0 Å². The second kappa shape index (κ2) is 7.64. The van der Waals surface area contributed by atoms with Crippen LogP contribution >= 0.6 is 0 Å². The van der Waals surface area contributed by atoms with Gasteiger partial charge in [-0.2, -0.15) is 0 Å². The van der Waals surface area contributed by atoms with Crippen LogP contribution in [-0.2, 0) is 11.3 Å². The molecule has 1 aromatic carbocycles. The van der Waals surface area contributed by atoms with Gasteiger partial charge in [-0.3, -0.25) is 9.69 Å². The Morgan fingerprint density at radius 2 is 2.00 bits per heavy atom. The molecule has 6 nitrogen and oxygen atoms in total. The van der Waals surface area contributed by atoms with Gasteiger partial charge in [0.15, 0.2) is 0 Å². The predicted octanol–water partition coefficient (Wildman–Crippen LogP) is 3.02. The van der Waals surface area contributed by atoms with E-state index in [0.717, 1.165) is 43.4 Å². The van der Waals surface area contributed by atoms with Gasteiger partial charge >= 0.3 is 0 Å². The fraction of sp³-hybridized carbons (Fsp3) is 0.476. The first-order chi connectivity index (χ1) is 13.1. The zero-order valence-electron chi connectivity index (χ0n) is 16.1. The van der Waals surface area contributed by atoms with Gasteiger partial charge in [-0.05, 0) is 43.0 Å². The van der Waals surface area contributed by atoms with Crippen LogP contribution in [0.1, 0.15) is 43.5 Å². The number of hydrogen-bond acceptors (Lipinski definition) is 5. The van der Waals surface area contributed by atoms with E-state index in [9.17, 15) is 4.79 Å². The van der Waals surface area contributed by atoms with Gasteiger partial charge in [0.2, 0.25) is 5.91 Å². The van der Waals surface area contributed by atoms with E-state index in [1.54, 1.807) is 0 Å². The summed E-state index contributed by atoms with van der Waals surface area (Å²) in [7, 11) is 2.15. The number of carbonyl (C=O) groups excluding carboxylic acids is 1. The molecule has 142 valence electrons. The quantitative estimate of drug-likeness (QED) is 0.853. The van der Waals surface area contributed by atoms with Gasteiger partial charge in [0.05, 0.1) is 0 Å². The Balaban J connectivity index is 1.34. The Morgan fingerprint density at radius 3 is 2.70 bits per heavy atom. The van der Waals surface area contributed by atoms with Gasteiger partial charge in [-0.25, -0.2) is 9.97 Å². The van der Waals surface area contributed by atoms with Crippen LogP contribution < -0.4 is 10.2 Å². The molecule has 0 spiro atoms. The highest BCUT2D eigenvalue weighted by Crippen LogP contribution is 2.38. The van der Waals surface area contributed by atoms with Crippen molar-refractivity contribution in [2.45, 2.75) is 44.7 Å². The fourth-order valence-corrected chi connectivity index (χ4v) is 3.71. The van der Waals surface area contributed by atoms with Gasteiger partial charge in [0.25, 0.3) is 0 Å². The number of amides is 1. The van der Waals surface area contributed by atoms with Gasteiger partial charge in [-0.1, -0.05) is 12.1 Å². The summed E-state index contributed by atoms with van der Waals surface area (Å²) in [5.41, 5.74) is 2.12. The molecule has 27 heavy (non-hydrogen) atoms. The lowest BCUT2D eigenvalue weighted by Gasteiger charge is -2.26. The van der Waals surface area contributed by atoms with Crippen LogP contribution in [0, 0.1) is 0 Å². The average Bonchev–Trinajstić information content (AvgIpc) is 3.42. The summed E-state index contributed by atoms with van der Waals surface area (Å²) in [5.74, 6) is 2.59. The lowest BCUT2D eigenvalue weighted by Crippen LogP contribution is -2.35. The van der Waals surface area contributed by atoms with Crippen LogP contribution in [0.5, 0.6) is 0 Å². The standard InChI is InChI=1S/C21H27N5O/c1-15(27)23-18-7-3-16(4-8-18)13-26-12-10-19(14-26)25(2)20-9-11-22-21(24-20)17-5-6-17/h3-4,7-9,11,17,19H,5-6,10,12-14H2,1-2H3,(H,23,27). The van der Waals surface area contributed by atoms with E-state index in [1.807, 2.05) is 24.4 Å². The predicted molar refractivity (Wildman–Crippen MR) is 107 cm³/mol. The van der Waals surface area contributed by atoms with Crippen molar-refractivity contribution in [2.75, 3.05) is 30.4 Å². The highest BCUT2D eigenvalue weighted by atomic mass is 16.1. The number of rotatable bonds is 6. The minimum absolute atomic E-state index is 0.0391. The molecule has 0 bridgehead atoms. The molecule has 1 saturated heterocycles. The van der Waals surface area contributed by atoms with Crippen molar-refractivity contribution in [3.05, 3.63) is 47.9 Å². The van der Waals surface area contributed by atoms with Crippen molar-refractivity contribution in [1.29, 1.82) is 0 Å². The average molecular weight is 365 g/mol. The van der Waals surface area contributed by atoms with Crippen LogP contribution in [-0.4, -0.2) is 47.0 Å². The van der Waals surface area contributed by atoms with Crippen molar-refractivity contribution in [3.63, 3.8) is 0 Å². The first-order valence-electron chi connectivity index (χ1n) is 9.73. The zero-order chi connectivity index (χ0) is 18.8. The molecule has 4 rings (SSSR count). The number of benzene rings is 1. The molecule has 2 fully saturated rings. The number of carbonyl (C=O) groups is 1. The van der Waals surface area contributed by atoms with Crippen LogP contribution in [0.15, 0.2) is 36.5 Å². The lowest BCUT2D eigenvalue weighted by molar-refractivity contribution is -0.114. The molecular weight excluding hydrogens is 338 g/mol. The smallest absolute Gasteiger partial charge is 0.221 e. The Kier molecular flexibility index (Phi) is 5.07. The summed E-state index contributed by atoms with van der Waals surface area (Å²) >= 11 is 0. The summed E-state index contributed by atoms with van der Waals surface area (Å²) in [6, 6.07) is 10.6. The third-order valence-electron chi connectivity index (χ3n) is 5.44. The molecule has 1 aliphatic carbocycles. The zero-order valence-corrected chi connectivity index (χ0v) is 16.1. The highest BCUT2D eigenvalue weighted by molar-refractivity contribution is 5.88. The maximum absolute atomic E-state index is 11.1. The lowest BCUT2D eigenvalue weighted by atomic mass is 10.2. The molecule has 1 unspecified atom stereocenters. The van der Waals surface area contributed by atoms with Crippen molar-refractivity contribution < 1.29 is 4.79 Å². The maximum Gasteiger partial charge on any atom is 0.221 e. The Morgan fingerprint density at radius 1 is 1.22 bits per heavy atom. The number of likely N-dealkylation sites (N-methyl/N-ethyl adjacent to an activating group) is 1. The van der Waals surface area contributed by atoms with E-state index in [4.69, 9.17) is 4.98 Å². The summed E-state index contributed by atoms with van der Waals surface area (Å²) < 4.78 is 0. The number of nitrogens with one attached hydrogen (secondary N) is 1. The largest absolute Gasteiger partial charge is 0.355 e. The van der Waals surface area contributed by atoms with Crippen molar-refractivity contribution >= 4 is 17.4 Å². The molecular formula is C21H27N5O. The number of anilines is 2. The van der Waals surface area contributed by atoms with E-state index in [-0.39, 0.29) is 5.91 Å². The van der Waals surface area contributed by atoms with Gasteiger partial charge in [-0.15, -0.1) is 0 Å². The molecule has 6 heteroatoms. The molecule has 1 saturated carbocycles. The fourth-order valence-electron chi connectivity index (χ4n) is 3.71. The van der Waals surface area contributed by atoms with Crippen molar-refractivity contribution in [3.8, 4) is 0 Å². The second-order valence-corrected chi connectivity index (χ2v) is 7.71. The molecule has 2 aromatic rings. The molecule has 2 heterocycles. The molecule has 2 aliphatic rings. The SMILES string of the molecule is CC(=O)Nc1ccc(CN2CCC(N(C)c3ccnc(C4CC4)n3)C2)cc1. The molecule has 0 radical (unpaired) electrons. The normalized spacial score (nSPS) is 19.9. The molecule has 1 N–H and O–H groups in total. The van der Waals surface area contributed by atoms with E-state index < -0.39 is 0 Å². The minimum Gasteiger partial charge on any atom is -0.355 e. The number of hydrogen-bond donors (Lipinski definition) is 1. The topological polar surface area (TPSA) is 61.4 Å². The summed E-state index contributed by atoms with van der Waals surface area (Å²) in [5, 5.41) is 2.81. The molecule has 1 aliphatic heterocycles. The third-order valence-corrected chi connectivity index (χ3v) is 5.44. The van der Waals surface area contributed by atoms with Gasteiger partial charge in [0, 0.05) is 57.4 Å². The van der Waals surface area contributed by atoms with E-state index >= 15 is 0 Å². The Bertz CT molecular complexity index is 802. The summed E-state index contributed by atoms with van der Waals surface area (Å²) in [4.78, 5) is 25.1. The first-order valence-corrected chi connectivity index (χ1v) is 9.73. The van der Waals surface area contributed by atoms with E-state index in [1.165, 1.54) is 25.3 Å². The Labute approximate surface area is 160 Å². The summed E-state index contributed by atoms with van der Waals surface area (Å²) in [6.45, 7) is 4.58. The maximum atomic E-state index is 11.1. The third kappa shape index (κ3) is 4.45. The highest BCUT2D eigenvalue weighted by Gasteiger charge is 2.29. The number of aromatic nitrogens is 2. The van der Waals surface area contributed by atoms with Gasteiger partial charge in [0.1, 0.15) is 11.6 Å². The number of likely N-dealkylation sites (tertiary alicyclic amines) is 1. The molecule has 1 amide bonds. The van der Waals surface area contributed by atoms with Crippen LogP contribution in [0.25, 0.3) is 0 Å². The van der Waals surface area contributed by atoms with Crippen LogP contribution in [0.4, 0.5) is 11.5 Å². The van der Waals surface area contributed by atoms with Crippen LogP contribution in [0.2, 0.25) is 0 Å². The Hall–Kier alpha value is -2.47. The second-order valence-electron chi connectivity index (χ2n) is 7.71. The van der Waals surface area contributed by atoms with E-state index in [2.05, 4.69) is 39.3 Å². The van der Waals surface area contributed by atoms with Crippen molar-refractivity contribution in [2.24, 2.45) is 0 Å². The molecule has 1 atom stereocenters. The molecule has 1 aromatic heterocycles. The minimum atomic E-state index is -0.0391. The van der Waals surface area contributed by atoms with Crippen molar-refractivity contribution in [1.82, 2.24) is 14.9 Å². The summed E-state index contributed by atoms with van der Waals surface area (Å²) in [6.07, 6.45) is 5.50. The van der Waals surface area contributed by atoms with E-state index in [0.29, 0.717) is 12.0 Å². The van der Waals surface area contributed by atoms with Gasteiger partial charge < -0.3 is 10.2 Å². The monoisotopic (exact) mass is 365 g/mol. The first kappa shape index (κ1) is 17.9.